The number of hydrogen-bond donors (Lipinski definition) is 0. The van der Waals surface area contributed by atoms with Crippen LogP contribution < -0.4 is 4.90 Å². The molecule has 4 nitrogen and oxygen atoms in total. The van der Waals surface area contributed by atoms with E-state index < -0.39 is 0 Å². The van der Waals surface area contributed by atoms with Gasteiger partial charge >= 0.3 is 5.97 Å². The van der Waals surface area contributed by atoms with E-state index in [1.807, 2.05) is 25.1 Å². The van der Waals surface area contributed by atoms with Crippen molar-refractivity contribution in [3.05, 3.63) is 63.7 Å². The van der Waals surface area contributed by atoms with E-state index in [-0.39, 0.29) is 23.7 Å². The number of rotatable bonds is 3. The molecule has 0 bridgehead atoms. The van der Waals surface area contributed by atoms with Gasteiger partial charge in [-0.2, -0.15) is 0 Å². The van der Waals surface area contributed by atoms with Gasteiger partial charge in [-0.25, -0.2) is 0 Å². The van der Waals surface area contributed by atoms with Crippen LogP contribution >= 0.6 is 11.6 Å². The first-order valence-corrected chi connectivity index (χ1v) is 9.91. The number of esters is 1. The third kappa shape index (κ3) is 3.57. The van der Waals surface area contributed by atoms with Crippen molar-refractivity contribution in [1.82, 2.24) is 0 Å². The molecule has 1 aliphatic heterocycles. The SMILES string of the molecule is CCOC(=O)[C@H]1C[C@@H]1c1ccc2c(c1)CN(C(C)=O)c1ccc(Cl)cc1C=C2. The molecule has 144 valence electrons. The van der Waals surface area contributed by atoms with Crippen LogP contribution in [0.1, 0.15) is 48.4 Å². The topological polar surface area (TPSA) is 46.6 Å². The maximum Gasteiger partial charge on any atom is 0.309 e. The van der Waals surface area contributed by atoms with Crippen molar-refractivity contribution in [2.75, 3.05) is 11.5 Å². The highest BCUT2D eigenvalue weighted by molar-refractivity contribution is 6.30. The lowest BCUT2D eigenvalue weighted by Gasteiger charge is -2.26. The van der Waals surface area contributed by atoms with Crippen molar-refractivity contribution >= 4 is 41.3 Å². The van der Waals surface area contributed by atoms with Crippen molar-refractivity contribution in [3.63, 3.8) is 0 Å². The van der Waals surface area contributed by atoms with E-state index in [4.69, 9.17) is 16.3 Å². The van der Waals surface area contributed by atoms with Gasteiger partial charge < -0.3 is 9.64 Å². The zero-order valence-corrected chi connectivity index (χ0v) is 16.7. The van der Waals surface area contributed by atoms with Crippen LogP contribution in [0.25, 0.3) is 12.2 Å². The lowest BCUT2D eigenvalue weighted by Crippen LogP contribution is -2.29. The number of fused-ring (bicyclic) bond motifs is 2. The van der Waals surface area contributed by atoms with Gasteiger partial charge in [0.15, 0.2) is 0 Å². The normalized spacial score (nSPS) is 19.9. The van der Waals surface area contributed by atoms with Gasteiger partial charge in [-0.3, -0.25) is 9.59 Å². The van der Waals surface area contributed by atoms with Gasteiger partial charge in [-0.1, -0.05) is 42.0 Å². The largest absolute Gasteiger partial charge is 0.466 e. The van der Waals surface area contributed by atoms with Crippen molar-refractivity contribution in [3.8, 4) is 0 Å². The second kappa shape index (κ2) is 7.44. The Bertz CT molecular complexity index is 982. The molecule has 1 heterocycles. The summed E-state index contributed by atoms with van der Waals surface area (Å²) in [5.74, 6) is 0.0193. The van der Waals surface area contributed by atoms with Crippen LogP contribution in [0.2, 0.25) is 5.02 Å². The predicted octanol–water partition coefficient (Wildman–Crippen LogP) is 5.04. The molecule has 0 spiro atoms. The first kappa shape index (κ1) is 18.8. The summed E-state index contributed by atoms with van der Waals surface area (Å²) in [4.78, 5) is 26.1. The second-order valence-corrected chi connectivity index (χ2v) is 7.74. The maximum atomic E-state index is 12.4. The molecule has 1 fully saturated rings. The highest BCUT2D eigenvalue weighted by atomic mass is 35.5. The van der Waals surface area contributed by atoms with Crippen LogP contribution in [0.5, 0.6) is 0 Å². The summed E-state index contributed by atoms with van der Waals surface area (Å²) >= 11 is 6.15. The minimum atomic E-state index is -0.115. The summed E-state index contributed by atoms with van der Waals surface area (Å²) in [6, 6.07) is 11.8. The molecule has 0 radical (unpaired) electrons. The molecule has 0 N–H and O–H groups in total. The molecule has 2 atom stereocenters. The summed E-state index contributed by atoms with van der Waals surface area (Å²) in [6.45, 7) is 4.29. The Kier molecular flexibility index (Phi) is 4.98. The van der Waals surface area contributed by atoms with E-state index in [0.29, 0.717) is 18.2 Å². The Hall–Kier alpha value is -2.59. The van der Waals surface area contributed by atoms with E-state index in [0.717, 1.165) is 34.4 Å². The lowest BCUT2D eigenvalue weighted by molar-refractivity contribution is -0.144. The van der Waals surface area contributed by atoms with E-state index in [1.54, 1.807) is 17.9 Å². The zero-order chi connectivity index (χ0) is 19.8. The quantitative estimate of drug-likeness (QED) is 0.683. The Morgan fingerprint density at radius 1 is 1.14 bits per heavy atom. The van der Waals surface area contributed by atoms with Gasteiger partial charge in [0.25, 0.3) is 0 Å². The van der Waals surface area contributed by atoms with Crippen molar-refractivity contribution in [2.45, 2.75) is 32.7 Å². The standard InChI is InChI=1S/C23H22ClNO3/c1-3-28-23(27)21-12-20(21)16-6-4-15-5-7-17-11-19(24)8-9-22(17)25(14(2)26)13-18(15)10-16/h4-11,20-21H,3,12-13H2,1-2H3/t20-,21+/m1/s1. The third-order valence-electron chi connectivity index (χ3n) is 5.41. The first-order valence-electron chi connectivity index (χ1n) is 9.53. The van der Waals surface area contributed by atoms with Gasteiger partial charge in [0, 0.05) is 11.9 Å². The second-order valence-electron chi connectivity index (χ2n) is 7.30. The number of benzene rings is 2. The number of hydrogen-bond acceptors (Lipinski definition) is 3. The van der Waals surface area contributed by atoms with E-state index in [9.17, 15) is 9.59 Å². The molecule has 1 amide bonds. The fraction of sp³-hybridized carbons (Fsp3) is 0.304. The molecule has 2 aliphatic rings. The molecule has 2 aromatic carbocycles. The number of anilines is 1. The summed E-state index contributed by atoms with van der Waals surface area (Å²) in [5, 5.41) is 0.641. The van der Waals surface area contributed by atoms with Crippen LogP contribution in [-0.2, 0) is 20.9 Å². The zero-order valence-electron chi connectivity index (χ0n) is 15.9. The molecule has 5 heteroatoms. The molecule has 0 aromatic heterocycles. The average molecular weight is 396 g/mol. The van der Waals surface area contributed by atoms with E-state index >= 15 is 0 Å². The van der Waals surface area contributed by atoms with Crippen molar-refractivity contribution < 1.29 is 14.3 Å². The fourth-order valence-electron chi connectivity index (χ4n) is 3.85. The molecule has 0 unspecified atom stereocenters. The van der Waals surface area contributed by atoms with E-state index in [2.05, 4.69) is 24.3 Å². The maximum absolute atomic E-state index is 12.4. The van der Waals surface area contributed by atoms with Gasteiger partial charge in [0.05, 0.1) is 24.8 Å². The minimum absolute atomic E-state index is 0.0222. The minimum Gasteiger partial charge on any atom is -0.466 e. The lowest BCUT2D eigenvalue weighted by atomic mass is 9.97. The molecule has 1 aliphatic carbocycles. The molecular weight excluding hydrogens is 374 g/mol. The molecule has 28 heavy (non-hydrogen) atoms. The summed E-state index contributed by atoms with van der Waals surface area (Å²) < 4.78 is 5.15. The highest BCUT2D eigenvalue weighted by Crippen LogP contribution is 2.48. The number of amides is 1. The summed E-state index contributed by atoms with van der Waals surface area (Å²) in [6.07, 6.45) is 4.88. The smallest absolute Gasteiger partial charge is 0.309 e. The van der Waals surface area contributed by atoms with Gasteiger partial charge in [-0.05, 0) is 59.7 Å². The van der Waals surface area contributed by atoms with Gasteiger partial charge in [0.2, 0.25) is 5.91 Å². The van der Waals surface area contributed by atoms with Crippen LogP contribution in [0, 0.1) is 5.92 Å². The van der Waals surface area contributed by atoms with Gasteiger partial charge in [-0.15, -0.1) is 0 Å². The first-order chi connectivity index (χ1) is 13.5. The van der Waals surface area contributed by atoms with Crippen LogP contribution in [0.3, 0.4) is 0 Å². The molecule has 2 aromatic rings. The van der Waals surface area contributed by atoms with Crippen LogP contribution in [-0.4, -0.2) is 18.5 Å². The highest BCUT2D eigenvalue weighted by Gasteiger charge is 2.45. The Labute approximate surface area is 169 Å². The monoisotopic (exact) mass is 395 g/mol. The van der Waals surface area contributed by atoms with Crippen LogP contribution in [0.4, 0.5) is 5.69 Å². The van der Waals surface area contributed by atoms with Crippen molar-refractivity contribution in [2.24, 2.45) is 5.92 Å². The predicted molar refractivity (Wildman–Crippen MR) is 111 cm³/mol. The Morgan fingerprint density at radius 2 is 1.93 bits per heavy atom. The third-order valence-corrected chi connectivity index (χ3v) is 5.64. The number of ether oxygens (including phenoxy) is 1. The molecular formula is C23H22ClNO3. The molecule has 0 saturated heterocycles. The van der Waals surface area contributed by atoms with Gasteiger partial charge in [0.1, 0.15) is 0 Å². The molecule has 1 saturated carbocycles. The number of nitrogens with zero attached hydrogens (tertiary/aromatic N) is 1. The summed E-state index contributed by atoms with van der Waals surface area (Å²) in [5.41, 5.74) is 5.03. The van der Waals surface area contributed by atoms with Crippen LogP contribution in [0.15, 0.2) is 36.4 Å². The molecule has 4 rings (SSSR count). The van der Waals surface area contributed by atoms with Crippen molar-refractivity contribution in [1.29, 1.82) is 0 Å². The Balaban J connectivity index is 1.68. The summed E-state index contributed by atoms with van der Waals surface area (Å²) in [7, 11) is 0. The van der Waals surface area contributed by atoms with E-state index in [1.165, 1.54) is 0 Å². The average Bonchev–Trinajstić information content (AvgIpc) is 3.44. The number of halogens is 1. The number of carbonyl (C=O) groups excluding carboxylic acids is 2. The number of carbonyl (C=O) groups is 2. The fourth-order valence-corrected chi connectivity index (χ4v) is 4.03. The Morgan fingerprint density at radius 3 is 2.68 bits per heavy atom.